The van der Waals surface area contributed by atoms with E-state index in [1.54, 1.807) is 13.1 Å². The average Bonchev–Trinajstić information content (AvgIpc) is 2.64. The van der Waals surface area contributed by atoms with Crippen molar-refractivity contribution in [2.75, 3.05) is 0 Å². The molecule has 0 unspecified atom stereocenters. The lowest BCUT2D eigenvalue weighted by Gasteiger charge is -2.03. The Hall–Kier alpha value is -1.88. The molecule has 0 aliphatic rings. The summed E-state index contributed by atoms with van der Waals surface area (Å²) in [7, 11) is 1.62. The van der Waals surface area contributed by atoms with E-state index in [0.717, 1.165) is 5.56 Å². The summed E-state index contributed by atoms with van der Waals surface area (Å²) in [6, 6.07) is 7.36. The Morgan fingerprint density at radius 2 is 2.12 bits per heavy atom. The Balaban J connectivity index is 2.31. The maximum atomic E-state index is 10.8. The van der Waals surface area contributed by atoms with E-state index >= 15 is 0 Å². The Morgan fingerprint density at radius 3 is 2.71 bits per heavy atom. The quantitative estimate of drug-likeness (QED) is 0.903. The second-order valence-electron chi connectivity index (χ2n) is 3.57. The molecule has 0 saturated carbocycles. The fourth-order valence-corrected chi connectivity index (χ4v) is 1.72. The van der Waals surface area contributed by atoms with Crippen LogP contribution in [0.25, 0.3) is 0 Å². The van der Waals surface area contributed by atoms with Gasteiger partial charge in [-0.25, -0.2) is 4.79 Å². The van der Waals surface area contributed by atoms with Crippen LogP contribution < -0.4 is 0 Å². The van der Waals surface area contributed by atoms with Crippen LogP contribution in [0.15, 0.2) is 24.3 Å². The minimum absolute atomic E-state index is 0.0768. The third-order valence-electron chi connectivity index (χ3n) is 2.46. The van der Waals surface area contributed by atoms with Crippen LogP contribution in [0.5, 0.6) is 0 Å². The lowest BCUT2D eigenvalue weighted by Crippen LogP contribution is -2.08. The number of hydrogen-bond donors (Lipinski definition) is 1. The average molecular weight is 252 g/mol. The molecule has 0 aliphatic carbocycles. The summed E-state index contributed by atoms with van der Waals surface area (Å²) < 4.78 is 1.45. The molecule has 0 radical (unpaired) electrons. The molecule has 0 bridgehead atoms. The summed E-state index contributed by atoms with van der Waals surface area (Å²) in [5.74, 6) is -0.604. The highest BCUT2D eigenvalue weighted by atomic mass is 35.5. The molecule has 0 aliphatic heterocycles. The molecule has 6 heteroatoms. The number of aromatic nitrogens is 3. The van der Waals surface area contributed by atoms with Crippen LogP contribution in [-0.2, 0) is 13.5 Å². The Kier molecular flexibility index (Phi) is 3.10. The number of halogens is 1. The number of benzene rings is 1. The van der Waals surface area contributed by atoms with Gasteiger partial charge in [0.15, 0.2) is 0 Å². The number of carboxylic acids is 1. The van der Waals surface area contributed by atoms with E-state index in [1.807, 2.05) is 18.2 Å². The molecule has 1 aromatic carbocycles. The van der Waals surface area contributed by atoms with E-state index < -0.39 is 5.97 Å². The van der Waals surface area contributed by atoms with Crippen LogP contribution in [0.2, 0.25) is 5.02 Å². The van der Waals surface area contributed by atoms with Crippen molar-refractivity contribution in [1.82, 2.24) is 14.8 Å². The van der Waals surface area contributed by atoms with Gasteiger partial charge in [0.05, 0.1) is 0 Å². The highest BCUT2D eigenvalue weighted by Crippen LogP contribution is 2.18. The van der Waals surface area contributed by atoms with Crippen LogP contribution in [0.4, 0.5) is 0 Å². The SMILES string of the molecule is Cn1c(Cc2ccccc2Cl)nnc1C(=O)O. The molecular formula is C11H10ClN3O2. The van der Waals surface area contributed by atoms with Crippen LogP contribution >= 0.6 is 11.6 Å². The Bertz CT molecular complexity index is 566. The molecule has 1 N–H and O–H groups in total. The monoisotopic (exact) mass is 251 g/mol. The zero-order chi connectivity index (χ0) is 12.4. The van der Waals surface area contributed by atoms with Crippen molar-refractivity contribution in [2.24, 2.45) is 7.05 Å². The first-order chi connectivity index (χ1) is 8.09. The van der Waals surface area contributed by atoms with E-state index in [9.17, 15) is 4.79 Å². The van der Waals surface area contributed by atoms with Gasteiger partial charge in [-0.15, -0.1) is 10.2 Å². The first-order valence-corrected chi connectivity index (χ1v) is 5.32. The molecule has 0 fully saturated rings. The molecule has 0 amide bonds. The molecule has 0 spiro atoms. The van der Waals surface area contributed by atoms with Crippen molar-refractivity contribution < 1.29 is 9.90 Å². The van der Waals surface area contributed by atoms with Crippen molar-refractivity contribution in [3.8, 4) is 0 Å². The van der Waals surface area contributed by atoms with Crippen molar-refractivity contribution >= 4 is 17.6 Å². The fraction of sp³-hybridized carbons (Fsp3) is 0.182. The minimum Gasteiger partial charge on any atom is -0.475 e. The van der Waals surface area contributed by atoms with Crippen LogP contribution in [0.1, 0.15) is 22.0 Å². The Morgan fingerprint density at radius 1 is 1.41 bits per heavy atom. The number of nitrogens with zero attached hydrogens (tertiary/aromatic N) is 3. The first kappa shape index (κ1) is 11.6. The molecule has 88 valence electrons. The third kappa shape index (κ3) is 2.29. The lowest BCUT2D eigenvalue weighted by atomic mass is 10.1. The topological polar surface area (TPSA) is 68.0 Å². The molecule has 2 rings (SSSR count). The maximum absolute atomic E-state index is 10.8. The number of rotatable bonds is 3. The molecule has 1 heterocycles. The van der Waals surface area contributed by atoms with Crippen molar-refractivity contribution in [1.29, 1.82) is 0 Å². The van der Waals surface area contributed by atoms with Gasteiger partial charge in [0.1, 0.15) is 5.82 Å². The van der Waals surface area contributed by atoms with Gasteiger partial charge in [0.2, 0.25) is 5.82 Å². The summed E-state index contributed by atoms with van der Waals surface area (Å²) in [5, 5.41) is 16.9. The van der Waals surface area contributed by atoms with Gasteiger partial charge in [0.25, 0.3) is 0 Å². The van der Waals surface area contributed by atoms with Gasteiger partial charge in [-0.1, -0.05) is 29.8 Å². The summed E-state index contributed by atoms with van der Waals surface area (Å²) in [6.45, 7) is 0. The third-order valence-corrected chi connectivity index (χ3v) is 2.83. The number of carboxylic acid groups (broad SMARTS) is 1. The molecule has 2 aromatic rings. The minimum atomic E-state index is -1.09. The fourth-order valence-electron chi connectivity index (χ4n) is 1.51. The lowest BCUT2D eigenvalue weighted by molar-refractivity contribution is 0.0679. The second kappa shape index (κ2) is 4.55. The van der Waals surface area contributed by atoms with Gasteiger partial charge in [-0.2, -0.15) is 0 Å². The highest BCUT2D eigenvalue weighted by molar-refractivity contribution is 6.31. The zero-order valence-electron chi connectivity index (χ0n) is 9.09. The summed E-state index contributed by atoms with van der Waals surface area (Å²) in [5.41, 5.74) is 0.890. The van der Waals surface area contributed by atoms with E-state index in [4.69, 9.17) is 16.7 Å². The number of carbonyl (C=O) groups is 1. The maximum Gasteiger partial charge on any atom is 0.374 e. The normalized spacial score (nSPS) is 10.5. The van der Waals surface area contributed by atoms with Gasteiger partial charge >= 0.3 is 5.97 Å². The van der Waals surface area contributed by atoms with Crippen LogP contribution in [-0.4, -0.2) is 25.8 Å². The molecule has 0 saturated heterocycles. The molecule has 17 heavy (non-hydrogen) atoms. The smallest absolute Gasteiger partial charge is 0.374 e. The molecule has 0 atom stereocenters. The van der Waals surface area contributed by atoms with Crippen molar-refractivity contribution in [3.05, 3.63) is 46.5 Å². The zero-order valence-corrected chi connectivity index (χ0v) is 9.85. The van der Waals surface area contributed by atoms with Gasteiger partial charge in [0, 0.05) is 18.5 Å². The largest absolute Gasteiger partial charge is 0.475 e. The summed E-state index contributed by atoms with van der Waals surface area (Å²) in [4.78, 5) is 10.8. The number of aromatic carboxylic acids is 1. The van der Waals surface area contributed by atoms with Crippen LogP contribution in [0, 0.1) is 0 Å². The second-order valence-corrected chi connectivity index (χ2v) is 3.98. The molecular weight excluding hydrogens is 242 g/mol. The number of hydrogen-bond acceptors (Lipinski definition) is 3. The van der Waals surface area contributed by atoms with Gasteiger partial charge in [-0.05, 0) is 11.6 Å². The van der Waals surface area contributed by atoms with Gasteiger partial charge in [-0.3, -0.25) is 0 Å². The molecule has 5 nitrogen and oxygen atoms in total. The highest BCUT2D eigenvalue weighted by Gasteiger charge is 2.15. The predicted molar refractivity (Wildman–Crippen MR) is 62.2 cm³/mol. The summed E-state index contributed by atoms with van der Waals surface area (Å²) >= 11 is 6.02. The van der Waals surface area contributed by atoms with Crippen molar-refractivity contribution in [2.45, 2.75) is 6.42 Å². The standard InChI is InChI=1S/C11H10ClN3O2/c1-15-9(13-14-10(15)11(16)17)6-7-4-2-3-5-8(7)12/h2-5H,6H2,1H3,(H,16,17). The van der Waals surface area contributed by atoms with Crippen molar-refractivity contribution in [3.63, 3.8) is 0 Å². The van der Waals surface area contributed by atoms with Crippen LogP contribution in [0.3, 0.4) is 0 Å². The molecule has 1 aromatic heterocycles. The summed E-state index contributed by atoms with van der Waals surface area (Å²) in [6.07, 6.45) is 0.455. The van der Waals surface area contributed by atoms with E-state index in [1.165, 1.54) is 4.57 Å². The van der Waals surface area contributed by atoms with E-state index in [2.05, 4.69) is 10.2 Å². The van der Waals surface area contributed by atoms with E-state index in [-0.39, 0.29) is 5.82 Å². The predicted octanol–water partition coefficient (Wildman–Crippen LogP) is 1.76. The first-order valence-electron chi connectivity index (χ1n) is 4.94. The van der Waals surface area contributed by atoms with E-state index in [0.29, 0.717) is 17.3 Å². The van der Waals surface area contributed by atoms with Gasteiger partial charge < -0.3 is 9.67 Å². The Labute approximate surface area is 103 Å².